The quantitative estimate of drug-likeness (QED) is 0.518. The number of alkyl carbamates (subject to hydrolysis) is 1. The number of amides is 1. The number of rotatable bonds is 5. The van der Waals surface area contributed by atoms with Crippen LogP contribution in [0.5, 0.6) is 0 Å². The standard InChI is InChI=1S/C18H17NO3S/c1-14(20)17-16(10-12-23-17)9-5-6-11-19-18(21)22-13-15-7-3-2-4-8-15/h2-4,7-8,10,12H,6,11,13H2,1H3,(H,19,21). The molecule has 1 amide bonds. The molecule has 1 N–H and O–H groups in total. The third-order valence-electron chi connectivity index (χ3n) is 2.94. The molecule has 1 aromatic carbocycles. The third kappa shape index (κ3) is 5.61. The fraction of sp³-hybridized carbons (Fsp3) is 0.222. The highest BCUT2D eigenvalue weighted by molar-refractivity contribution is 7.12. The fourth-order valence-corrected chi connectivity index (χ4v) is 2.59. The molecule has 0 aliphatic carbocycles. The molecule has 1 aromatic heterocycles. The zero-order valence-electron chi connectivity index (χ0n) is 12.8. The molecule has 0 aliphatic heterocycles. The van der Waals surface area contributed by atoms with Crippen molar-refractivity contribution >= 4 is 23.2 Å². The lowest BCUT2D eigenvalue weighted by Crippen LogP contribution is -2.24. The molecule has 2 rings (SSSR count). The summed E-state index contributed by atoms with van der Waals surface area (Å²) in [6, 6.07) is 11.3. The maximum Gasteiger partial charge on any atom is 0.407 e. The number of thiophene rings is 1. The van der Waals surface area contributed by atoms with Crippen molar-refractivity contribution in [2.45, 2.75) is 20.0 Å². The van der Waals surface area contributed by atoms with Crippen LogP contribution in [0.15, 0.2) is 41.8 Å². The van der Waals surface area contributed by atoms with Crippen LogP contribution < -0.4 is 5.32 Å². The van der Waals surface area contributed by atoms with Gasteiger partial charge in [-0.2, -0.15) is 0 Å². The first kappa shape index (κ1) is 16.8. The minimum atomic E-state index is -0.462. The molecule has 0 aliphatic rings. The van der Waals surface area contributed by atoms with Gasteiger partial charge >= 0.3 is 6.09 Å². The minimum absolute atomic E-state index is 0.0203. The number of benzene rings is 1. The Labute approximate surface area is 139 Å². The maximum atomic E-state index is 11.5. The molecule has 0 fully saturated rings. The highest BCUT2D eigenvalue weighted by Crippen LogP contribution is 2.15. The van der Waals surface area contributed by atoms with Crippen molar-refractivity contribution in [2.75, 3.05) is 6.54 Å². The zero-order chi connectivity index (χ0) is 16.5. The fourth-order valence-electron chi connectivity index (χ4n) is 1.84. The van der Waals surface area contributed by atoms with Gasteiger partial charge in [-0.3, -0.25) is 4.79 Å². The summed E-state index contributed by atoms with van der Waals surface area (Å²) >= 11 is 1.39. The van der Waals surface area contributed by atoms with Crippen LogP contribution in [-0.4, -0.2) is 18.4 Å². The largest absolute Gasteiger partial charge is 0.445 e. The predicted molar refractivity (Wildman–Crippen MR) is 90.4 cm³/mol. The molecular formula is C18H17NO3S. The van der Waals surface area contributed by atoms with Crippen LogP contribution in [0.3, 0.4) is 0 Å². The average molecular weight is 327 g/mol. The molecule has 118 valence electrons. The van der Waals surface area contributed by atoms with E-state index in [0.29, 0.717) is 17.8 Å². The second-order valence-corrected chi connectivity index (χ2v) is 5.68. The average Bonchev–Trinajstić information content (AvgIpc) is 3.02. The third-order valence-corrected chi connectivity index (χ3v) is 3.96. The van der Waals surface area contributed by atoms with Crippen LogP contribution in [0.4, 0.5) is 4.79 Å². The predicted octanol–water partition coefficient (Wildman–Crippen LogP) is 3.62. The molecule has 5 heteroatoms. The molecule has 0 saturated heterocycles. The van der Waals surface area contributed by atoms with Crippen molar-refractivity contribution in [3.05, 3.63) is 57.8 Å². The normalized spacial score (nSPS) is 9.61. The van der Waals surface area contributed by atoms with E-state index in [0.717, 1.165) is 11.1 Å². The van der Waals surface area contributed by atoms with E-state index in [2.05, 4.69) is 17.2 Å². The van der Waals surface area contributed by atoms with Gasteiger partial charge in [0.25, 0.3) is 0 Å². The number of carbonyl (C=O) groups excluding carboxylic acids is 2. The van der Waals surface area contributed by atoms with Crippen molar-refractivity contribution in [1.29, 1.82) is 0 Å². The Morgan fingerprint density at radius 2 is 2.00 bits per heavy atom. The second kappa shape index (κ2) is 8.76. The van der Waals surface area contributed by atoms with Gasteiger partial charge in [0, 0.05) is 18.5 Å². The zero-order valence-corrected chi connectivity index (χ0v) is 13.6. The van der Waals surface area contributed by atoms with Crippen molar-refractivity contribution in [3.63, 3.8) is 0 Å². The van der Waals surface area contributed by atoms with Crippen molar-refractivity contribution in [1.82, 2.24) is 5.32 Å². The summed E-state index contributed by atoms with van der Waals surface area (Å²) in [5.41, 5.74) is 1.69. The lowest BCUT2D eigenvalue weighted by Gasteiger charge is -2.05. The number of hydrogen-bond donors (Lipinski definition) is 1. The summed E-state index contributed by atoms with van der Waals surface area (Å²) in [7, 11) is 0. The van der Waals surface area contributed by atoms with E-state index < -0.39 is 6.09 Å². The Balaban J connectivity index is 1.69. The van der Waals surface area contributed by atoms with Crippen LogP contribution in [0.25, 0.3) is 0 Å². The topological polar surface area (TPSA) is 55.4 Å². The van der Waals surface area contributed by atoms with E-state index in [9.17, 15) is 9.59 Å². The number of carbonyl (C=O) groups is 2. The van der Waals surface area contributed by atoms with Crippen LogP contribution >= 0.6 is 11.3 Å². The molecule has 0 atom stereocenters. The number of Topliss-reactive ketones (excluding diaryl/α,β-unsaturated/α-hetero) is 1. The number of nitrogens with one attached hydrogen (secondary N) is 1. The number of ketones is 1. The monoisotopic (exact) mass is 327 g/mol. The highest BCUT2D eigenvalue weighted by Gasteiger charge is 2.06. The Hall–Kier alpha value is -2.58. The molecular weight excluding hydrogens is 310 g/mol. The summed E-state index contributed by atoms with van der Waals surface area (Å²) < 4.78 is 5.09. The van der Waals surface area contributed by atoms with E-state index in [1.807, 2.05) is 41.8 Å². The molecule has 1 heterocycles. The van der Waals surface area contributed by atoms with Gasteiger partial charge in [-0.05, 0) is 23.9 Å². The van der Waals surface area contributed by atoms with Gasteiger partial charge in [0.05, 0.1) is 4.88 Å². The molecule has 0 unspecified atom stereocenters. The first-order valence-corrected chi connectivity index (χ1v) is 8.06. The molecule has 0 bridgehead atoms. The smallest absolute Gasteiger partial charge is 0.407 e. The Morgan fingerprint density at radius 3 is 2.74 bits per heavy atom. The summed E-state index contributed by atoms with van der Waals surface area (Å²) in [5, 5.41) is 4.49. The van der Waals surface area contributed by atoms with Crippen molar-refractivity contribution in [3.8, 4) is 11.8 Å². The van der Waals surface area contributed by atoms with Gasteiger partial charge in [0.1, 0.15) is 6.61 Å². The van der Waals surface area contributed by atoms with Crippen molar-refractivity contribution < 1.29 is 14.3 Å². The van der Waals surface area contributed by atoms with E-state index in [1.54, 1.807) is 0 Å². The van der Waals surface area contributed by atoms with E-state index in [4.69, 9.17) is 4.74 Å². The number of hydrogen-bond acceptors (Lipinski definition) is 4. The van der Waals surface area contributed by atoms with Gasteiger partial charge in [0.2, 0.25) is 0 Å². The first-order valence-electron chi connectivity index (χ1n) is 7.18. The van der Waals surface area contributed by atoms with E-state index >= 15 is 0 Å². The molecule has 0 radical (unpaired) electrons. The summed E-state index contributed by atoms with van der Waals surface area (Å²) in [6.45, 7) is 2.18. The number of ether oxygens (including phenoxy) is 1. The van der Waals surface area contributed by atoms with Gasteiger partial charge in [0.15, 0.2) is 5.78 Å². The first-order chi connectivity index (χ1) is 11.2. The second-order valence-electron chi connectivity index (χ2n) is 4.76. The van der Waals surface area contributed by atoms with Crippen LogP contribution in [0.2, 0.25) is 0 Å². The van der Waals surface area contributed by atoms with E-state index in [1.165, 1.54) is 18.3 Å². The van der Waals surface area contributed by atoms with Crippen LogP contribution in [-0.2, 0) is 11.3 Å². The molecule has 0 saturated carbocycles. The van der Waals surface area contributed by atoms with Crippen LogP contribution in [0, 0.1) is 11.8 Å². The lowest BCUT2D eigenvalue weighted by molar-refractivity contribution is 0.102. The molecule has 4 nitrogen and oxygen atoms in total. The maximum absolute atomic E-state index is 11.5. The molecule has 0 spiro atoms. The Bertz CT molecular complexity index is 725. The van der Waals surface area contributed by atoms with Crippen LogP contribution in [0.1, 0.15) is 34.1 Å². The van der Waals surface area contributed by atoms with Gasteiger partial charge in [-0.1, -0.05) is 42.2 Å². The SMILES string of the molecule is CC(=O)c1sccc1C#CCCNC(=O)OCc1ccccc1. The van der Waals surface area contributed by atoms with Crippen molar-refractivity contribution in [2.24, 2.45) is 0 Å². The summed E-state index contributed by atoms with van der Waals surface area (Å²) in [5.74, 6) is 5.92. The highest BCUT2D eigenvalue weighted by atomic mass is 32.1. The Kier molecular flexibility index (Phi) is 6.40. The summed E-state index contributed by atoms with van der Waals surface area (Å²) in [6.07, 6.45) is 0.0313. The Morgan fingerprint density at radius 1 is 1.22 bits per heavy atom. The lowest BCUT2D eigenvalue weighted by atomic mass is 10.2. The van der Waals surface area contributed by atoms with Gasteiger partial charge in [-0.15, -0.1) is 11.3 Å². The van der Waals surface area contributed by atoms with Gasteiger partial charge < -0.3 is 10.1 Å². The van der Waals surface area contributed by atoms with Gasteiger partial charge in [-0.25, -0.2) is 4.79 Å². The summed E-state index contributed by atoms with van der Waals surface area (Å²) in [4.78, 5) is 23.6. The van der Waals surface area contributed by atoms with E-state index in [-0.39, 0.29) is 12.4 Å². The molecule has 23 heavy (non-hydrogen) atoms. The molecule has 2 aromatic rings. The minimum Gasteiger partial charge on any atom is -0.445 e.